The van der Waals surface area contributed by atoms with Gasteiger partial charge in [-0.3, -0.25) is 0 Å². The summed E-state index contributed by atoms with van der Waals surface area (Å²) in [6.07, 6.45) is 12.1. The molecule has 0 aromatic carbocycles. The lowest BCUT2D eigenvalue weighted by Gasteiger charge is -2.45. The van der Waals surface area contributed by atoms with E-state index < -0.39 is 0 Å². The highest BCUT2D eigenvalue weighted by atomic mass is 16.3. The molecular formula is C17H33NO. The van der Waals surface area contributed by atoms with Crippen LogP contribution in [0.2, 0.25) is 0 Å². The van der Waals surface area contributed by atoms with E-state index in [1.165, 1.54) is 57.8 Å². The normalized spacial score (nSPS) is 33.8. The van der Waals surface area contributed by atoms with Gasteiger partial charge >= 0.3 is 0 Å². The molecule has 0 heterocycles. The number of nitrogens with zero attached hydrogens (tertiary/aromatic N) is 1. The Kier molecular flexibility index (Phi) is 5.70. The Morgan fingerprint density at radius 3 is 2.42 bits per heavy atom. The van der Waals surface area contributed by atoms with E-state index in [4.69, 9.17) is 0 Å². The average Bonchev–Trinajstić information content (AvgIpc) is 2.46. The van der Waals surface area contributed by atoms with Crippen molar-refractivity contribution in [2.75, 3.05) is 19.7 Å². The Morgan fingerprint density at radius 2 is 1.84 bits per heavy atom. The van der Waals surface area contributed by atoms with Crippen LogP contribution in [0.25, 0.3) is 0 Å². The molecule has 2 heteroatoms. The average molecular weight is 267 g/mol. The van der Waals surface area contributed by atoms with Crippen molar-refractivity contribution in [1.82, 2.24) is 4.90 Å². The van der Waals surface area contributed by atoms with Gasteiger partial charge in [0.1, 0.15) is 0 Å². The molecule has 0 spiro atoms. The first-order valence-electron chi connectivity index (χ1n) is 8.54. The highest BCUT2D eigenvalue weighted by molar-refractivity contribution is 4.89. The quantitative estimate of drug-likeness (QED) is 0.818. The summed E-state index contributed by atoms with van der Waals surface area (Å²) in [7, 11) is 0. The molecule has 0 aromatic heterocycles. The van der Waals surface area contributed by atoms with Crippen LogP contribution in [0.4, 0.5) is 0 Å². The second-order valence-electron chi connectivity index (χ2n) is 7.21. The zero-order chi connectivity index (χ0) is 13.7. The third-order valence-corrected chi connectivity index (χ3v) is 5.56. The van der Waals surface area contributed by atoms with Gasteiger partial charge in [0.05, 0.1) is 0 Å². The molecule has 1 N–H and O–H groups in total. The van der Waals surface area contributed by atoms with Crippen molar-refractivity contribution >= 4 is 0 Å². The largest absolute Gasteiger partial charge is 0.396 e. The van der Waals surface area contributed by atoms with Gasteiger partial charge < -0.3 is 10.0 Å². The maximum atomic E-state index is 9.98. The molecule has 112 valence electrons. The molecular weight excluding hydrogens is 234 g/mol. The van der Waals surface area contributed by atoms with Gasteiger partial charge in [0.2, 0.25) is 0 Å². The minimum Gasteiger partial charge on any atom is -0.396 e. The summed E-state index contributed by atoms with van der Waals surface area (Å²) in [6, 6.07) is 0.791. The Bertz CT molecular complexity index is 262. The molecule has 19 heavy (non-hydrogen) atoms. The predicted octanol–water partition coefficient (Wildman–Crippen LogP) is 3.83. The zero-order valence-electron chi connectivity index (χ0n) is 13.0. The summed E-state index contributed by atoms with van der Waals surface area (Å²) < 4.78 is 0. The Hall–Kier alpha value is -0.0800. The van der Waals surface area contributed by atoms with Gasteiger partial charge in [0.25, 0.3) is 0 Å². The molecule has 2 rings (SSSR count). The van der Waals surface area contributed by atoms with Gasteiger partial charge in [-0.05, 0) is 38.1 Å². The maximum Gasteiger partial charge on any atom is 0.0499 e. The Morgan fingerprint density at radius 1 is 1.11 bits per heavy atom. The lowest BCUT2D eigenvalue weighted by molar-refractivity contribution is 0.00676. The highest BCUT2D eigenvalue weighted by Gasteiger charge is 2.37. The molecule has 0 aromatic rings. The van der Waals surface area contributed by atoms with E-state index in [0.29, 0.717) is 6.61 Å². The van der Waals surface area contributed by atoms with Crippen LogP contribution in [-0.2, 0) is 0 Å². The predicted molar refractivity (Wildman–Crippen MR) is 81.3 cm³/mol. The third kappa shape index (κ3) is 3.95. The van der Waals surface area contributed by atoms with Gasteiger partial charge in [-0.2, -0.15) is 0 Å². The van der Waals surface area contributed by atoms with Crippen LogP contribution in [-0.4, -0.2) is 35.7 Å². The van der Waals surface area contributed by atoms with E-state index in [2.05, 4.69) is 18.7 Å². The van der Waals surface area contributed by atoms with Crippen molar-refractivity contribution in [3.63, 3.8) is 0 Å². The number of hydrogen-bond donors (Lipinski definition) is 1. The van der Waals surface area contributed by atoms with Crippen molar-refractivity contribution in [1.29, 1.82) is 0 Å². The van der Waals surface area contributed by atoms with Crippen molar-refractivity contribution < 1.29 is 5.11 Å². The van der Waals surface area contributed by atoms with Crippen LogP contribution >= 0.6 is 0 Å². The molecule has 2 unspecified atom stereocenters. The van der Waals surface area contributed by atoms with E-state index in [-0.39, 0.29) is 5.41 Å². The van der Waals surface area contributed by atoms with Crippen LogP contribution in [0.3, 0.4) is 0 Å². The fraction of sp³-hybridized carbons (Fsp3) is 1.00. The zero-order valence-corrected chi connectivity index (χ0v) is 13.0. The third-order valence-electron chi connectivity index (χ3n) is 5.56. The van der Waals surface area contributed by atoms with Gasteiger partial charge in [0.15, 0.2) is 0 Å². The summed E-state index contributed by atoms with van der Waals surface area (Å²) in [5.74, 6) is 0.797. The summed E-state index contributed by atoms with van der Waals surface area (Å²) in [4.78, 5) is 2.69. The maximum absolute atomic E-state index is 9.98. The number of hydrogen-bond acceptors (Lipinski definition) is 2. The summed E-state index contributed by atoms with van der Waals surface area (Å²) in [6.45, 7) is 7.34. The molecule has 2 fully saturated rings. The number of rotatable bonds is 5. The molecule has 2 nitrogen and oxygen atoms in total. The van der Waals surface area contributed by atoms with Gasteiger partial charge in [-0.1, -0.05) is 46.0 Å². The fourth-order valence-electron chi connectivity index (χ4n) is 4.48. The van der Waals surface area contributed by atoms with E-state index in [1.54, 1.807) is 0 Å². The highest BCUT2D eigenvalue weighted by Crippen LogP contribution is 2.40. The van der Waals surface area contributed by atoms with Crippen molar-refractivity contribution in [2.24, 2.45) is 11.3 Å². The summed E-state index contributed by atoms with van der Waals surface area (Å²) in [5.41, 5.74) is 0.200. The monoisotopic (exact) mass is 267 g/mol. The van der Waals surface area contributed by atoms with Crippen molar-refractivity contribution in [2.45, 2.75) is 77.7 Å². The molecule has 2 aliphatic carbocycles. The van der Waals surface area contributed by atoms with Crippen molar-refractivity contribution in [3.05, 3.63) is 0 Å². The van der Waals surface area contributed by atoms with Crippen molar-refractivity contribution in [3.8, 4) is 0 Å². The first kappa shape index (κ1) is 15.3. The standard InChI is InChI=1S/C17H33NO/c1-3-18(16-9-5-4-6-10-16)13-17(14-19)11-7-8-15(2)12-17/h15-16,19H,3-14H2,1-2H3. The first-order valence-corrected chi connectivity index (χ1v) is 8.54. The number of aliphatic hydroxyl groups is 1. The fourth-order valence-corrected chi connectivity index (χ4v) is 4.48. The summed E-state index contributed by atoms with van der Waals surface area (Å²) in [5, 5.41) is 9.98. The van der Waals surface area contributed by atoms with Crippen LogP contribution in [0.1, 0.15) is 71.6 Å². The molecule has 0 saturated heterocycles. The number of aliphatic hydroxyl groups excluding tert-OH is 1. The smallest absolute Gasteiger partial charge is 0.0499 e. The van der Waals surface area contributed by atoms with Crippen LogP contribution in [0.15, 0.2) is 0 Å². The topological polar surface area (TPSA) is 23.5 Å². The molecule has 0 bridgehead atoms. The van der Waals surface area contributed by atoms with Crippen LogP contribution < -0.4 is 0 Å². The van der Waals surface area contributed by atoms with E-state index in [9.17, 15) is 5.11 Å². The van der Waals surface area contributed by atoms with E-state index in [1.807, 2.05) is 0 Å². The second kappa shape index (κ2) is 7.08. The van der Waals surface area contributed by atoms with Crippen LogP contribution in [0, 0.1) is 11.3 Å². The molecule has 2 atom stereocenters. The van der Waals surface area contributed by atoms with Gasteiger partial charge in [0, 0.05) is 24.6 Å². The van der Waals surface area contributed by atoms with E-state index in [0.717, 1.165) is 25.0 Å². The SMILES string of the molecule is CCN(CC1(CO)CCCC(C)C1)C1CCCCC1. The van der Waals surface area contributed by atoms with Crippen LogP contribution in [0.5, 0.6) is 0 Å². The summed E-state index contributed by atoms with van der Waals surface area (Å²) >= 11 is 0. The Labute approximate surface area is 119 Å². The van der Waals surface area contributed by atoms with E-state index >= 15 is 0 Å². The molecule has 0 amide bonds. The minimum atomic E-state index is 0.200. The lowest BCUT2D eigenvalue weighted by atomic mass is 9.70. The Balaban J connectivity index is 1.97. The minimum absolute atomic E-state index is 0.200. The van der Waals surface area contributed by atoms with Gasteiger partial charge in [-0.25, -0.2) is 0 Å². The molecule has 2 aliphatic rings. The van der Waals surface area contributed by atoms with Gasteiger partial charge in [-0.15, -0.1) is 0 Å². The molecule has 0 radical (unpaired) electrons. The molecule has 0 aliphatic heterocycles. The molecule has 2 saturated carbocycles. The second-order valence-corrected chi connectivity index (χ2v) is 7.21. The first-order chi connectivity index (χ1) is 9.19. The lowest BCUT2D eigenvalue weighted by Crippen LogP contribution is -2.47.